The second kappa shape index (κ2) is 8.60. The highest BCUT2D eigenvalue weighted by Gasteiger charge is 2.21. The molecule has 1 heterocycles. The molecule has 0 unspecified atom stereocenters. The van der Waals surface area contributed by atoms with E-state index in [1.165, 1.54) is 23.6 Å². The Bertz CT molecular complexity index is 731. The number of nitrogens with zero attached hydrogens (tertiary/aromatic N) is 3. The Morgan fingerprint density at radius 2 is 2.08 bits per heavy atom. The largest absolute Gasteiger partial charge is 0.459 e. The van der Waals surface area contributed by atoms with E-state index in [1.54, 1.807) is 32.3 Å². The van der Waals surface area contributed by atoms with Crippen LogP contribution in [0.25, 0.3) is 0 Å². The quantitative estimate of drug-likeness (QED) is 0.349. The number of rotatable bonds is 5. The summed E-state index contributed by atoms with van der Waals surface area (Å²) in [5.74, 6) is -0.678. The maximum absolute atomic E-state index is 11.9. The van der Waals surface area contributed by atoms with Crippen molar-refractivity contribution in [2.45, 2.75) is 16.7 Å². The van der Waals surface area contributed by atoms with E-state index in [1.807, 2.05) is 12.1 Å². The Labute approximate surface area is 148 Å². The minimum absolute atomic E-state index is 0.197. The summed E-state index contributed by atoms with van der Waals surface area (Å²) < 4.78 is 12.0. The van der Waals surface area contributed by atoms with Gasteiger partial charge in [-0.2, -0.15) is 5.10 Å². The standard InChI is InChI=1S/C15H16ClN3O4S/c1-4-22-15(20)13(18-21-3)23-14-12(9-17-19(14)2)24-11-7-5-10(16)6-8-11/h5-9H,4H2,1-3H3. The molecule has 2 aromatic rings. The van der Waals surface area contributed by atoms with Crippen molar-refractivity contribution in [2.24, 2.45) is 12.2 Å². The van der Waals surface area contributed by atoms with Crippen LogP contribution in [0.5, 0.6) is 5.88 Å². The van der Waals surface area contributed by atoms with Crippen LogP contribution >= 0.6 is 23.4 Å². The normalized spacial score (nSPS) is 11.2. The first kappa shape index (κ1) is 18.2. The van der Waals surface area contributed by atoms with Gasteiger partial charge in [0.05, 0.1) is 17.7 Å². The van der Waals surface area contributed by atoms with Crippen LogP contribution in [0.2, 0.25) is 5.02 Å². The summed E-state index contributed by atoms with van der Waals surface area (Å²) in [4.78, 5) is 18.2. The number of carbonyl (C=O) groups is 1. The van der Waals surface area contributed by atoms with E-state index in [9.17, 15) is 4.79 Å². The van der Waals surface area contributed by atoms with Crippen LogP contribution in [0.15, 0.2) is 45.4 Å². The summed E-state index contributed by atoms with van der Waals surface area (Å²) in [6.45, 7) is 1.89. The molecule has 0 fully saturated rings. The molecule has 1 aromatic heterocycles. The Kier molecular flexibility index (Phi) is 6.51. The molecular weight excluding hydrogens is 354 g/mol. The first-order valence-electron chi connectivity index (χ1n) is 6.96. The fraction of sp³-hybridized carbons (Fsp3) is 0.267. The van der Waals surface area contributed by atoms with E-state index in [4.69, 9.17) is 21.1 Å². The van der Waals surface area contributed by atoms with Gasteiger partial charge >= 0.3 is 11.9 Å². The molecule has 0 amide bonds. The van der Waals surface area contributed by atoms with Crippen molar-refractivity contribution >= 4 is 35.2 Å². The van der Waals surface area contributed by atoms with Gasteiger partial charge in [-0.3, -0.25) is 0 Å². The molecule has 0 saturated carbocycles. The van der Waals surface area contributed by atoms with Crippen molar-refractivity contribution < 1.29 is 19.1 Å². The van der Waals surface area contributed by atoms with Gasteiger partial charge in [0, 0.05) is 17.0 Å². The lowest BCUT2D eigenvalue weighted by Gasteiger charge is -2.09. The van der Waals surface area contributed by atoms with Gasteiger partial charge in [-0.25, -0.2) is 9.48 Å². The van der Waals surface area contributed by atoms with Crippen molar-refractivity contribution in [2.75, 3.05) is 13.7 Å². The average molecular weight is 370 g/mol. The predicted molar refractivity (Wildman–Crippen MR) is 90.5 cm³/mol. The van der Waals surface area contributed by atoms with Gasteiger partial charge in [0.15, 0.2) is 0 Å². The smallest absolute Gasteiger partial charge is 0.397 e. The average Bonchev–Trinajstić information content (AvgIpc) is 2.90. The van der Waals surface area contributed by atoms with E-state index in [2.05, 4.69) is 15.1 Å². The van der Waals surface area contributed by atoms with Crippen LogP contribution in [-0.2, 0) is 21.4 Å². The molecule has 24 heavy (non-hydrogen) atoms. The zero-order chi connectivity index (χ0) is 17.5. The van der Waals surface area contributed by atoms with Crippen molar-refractivity contribution in [1.82, 2.24) is 9.78 Å². The molecule has 128 valence electrons. The first-order chi connectivity index (χ1) is 11.5. The molecular formula is C15H16ClN3O4S. The molecule has 9 heteroatoms. The molecule has 1 aromatic carbocycles. The third kappa shape index (κ3) is 4.65. The summed E-state index contributed by atoms with van der Waals surface area (Å²) in [5.41, 5.74) is 0. The van der Waals surface area contributed by atoms with Gasteiger partial charge < -0.3 is 14.3 Å². The molecule has 0 aliphatic rings. The maximum Gasteiger partial charge on any atom is 0.397 e. The zero-order valence-corrected chi connectivity index (χ0v) is 14.9. The molecule has 0 atom stereocenters. The Hall–Kier alpha value is -2.19. The summed E-state index contributed by atoms with van der Waals surface area (Å²) >= 11 is 7.30. The Balaban J connectivity index is 2.23. The second-order valence-corrected chi connectivity index (χ2v) is 5.95. The summed E-state index contributed by atoms with van der Waals surface area (Å²) in [6, 6.07) is 7.33. The van der Waals surface area contributed by atoms with E-state index >= 15 is 0 Å². The van der Waals surface area contributed by atoms with Crippen molar-refractivity contribution in [3.05, 3.63) is 35.5 Å². The molecule has 2 rings (SSSR count). The summed E-state index contributed by atoms with van der Waals surface area (Å²) in [6.07, 6.45) is 1.63. The summed E-state index contributed by atoms with van der Waals surface area (Å²) in [7, 11) is 3.01. The molecule has 0 radical (unpaired) electrons. The third-order valence-corrected chi connectivity index (χ3v) is 3.97. The minimum atomic E-state index is -0.719. The molecule has 0 aliphatic heterocycles. The molecule has 7 nitrogen and oxygen atoms in total. The lowest BCUT2D eigenvalue weighted by molar-refractivity contribution is -0.136. The van der Waals surface area contributed by atoms with E-state index in [0.29, 0.717) is 15.8 Å². The Morgan fingerprint density at radius 3 is 2.71 bits per heavy atom. The topological polar surface area (TPSA) is 74.9 Å². The number of hydrogen-bond donors (Lipinski definition) is 0. The van der Waals surface area contributed by atoms with E-state index in [0.717, 1.165) is 4.90 Å². The number of halogens is 1. The van der Waals surface area contributed by atoms with Gasteiger partial charge in [0.2, 0.25) is 5.88 Å². The monoisotopic (exact) mass is 369 g/mol. The first-order valence-corrected chi connectivity index (χ1v) is 8.16. The number of aryl methyl sites for hydroxylation is 1. The lowest BCUT2D eigenvalue weighted by Crippen LogP contribution is -2.25. The Morgan fingerprint density at radius 1 is 1.38 bits per heavy atom. The van der Waals surface area contributed by atoms with Crippen LogP contribution in [0.4, 0.5) is 0 Å². The van der Waals surface area contributed by atoms with E-state index in [-0.39, 0.29) is 12.5 Å². The maximum atomic E-state index is 11.9. The molecule has 0 saturated heterocycles. The lowest BCUT2D eigenvalue weighted by atomic mass is 10.4. The molecule has 0 spiro atoms. The number of benzene rings is 1. The highest BCUT2D eigenvalue weighted by Crippen LogP contribution is 2.35. The highest BCUT2D eigenvalue weighted by molar-refractivity contribution is 7.99. The molecule has 0 aliphatic carbocycles. The minimum Gasteiger partial charge on any atom is -0.459 e. The van der Waals surface area contributed by atoms with Crippen molar-refractivity contribution in [3.63, 3.8) is 0 Å². The number of aromatic nitrogens is 2. The fourth-order valence-electron chi connectivity index (χ4n) is 1.69. The second-order valence-electron chi connectivity index (χ2n) is 4.40. The van der Waals surface area contributed by atoms with Gasteiger partial charge in [-0.05, 0) is 36.3 Å². The van der Waals surface area contributed by atoms with Gasteiger partial charge in [-0.1, -0.05) is 23.4 Å². The highest BCUT2D eigenvalue weighted by atomic mass is 35.5. The molecule has 0 bridgehead atoms. The predicted octanol–water partition coefficient (Wildman–Crippen LogP) is 3.13. The van der Waals surface area contributed by atoms with Crippen LogP contribution in [-0.4, -0.2) is 35.4 Å². The SMILES string of the molecule is CCOC(=O)C(=NOC)Oc1c(Sc2ccc(Cl)cc2)cnn1C. The fourth-order valence-corrected chi connectivity index (χ4v) is 2.70. The van der Waals surface area contributed by atoms with Gasteiger partial charge in [0.1, 0.15) is 7.11 Å². The van der Waals surface area contributed by atoms with Gasteiger partial charge in [0.25, 0.3) is 0 Å². The van der Waals surface area contributed by atoms with Crippen LogP contribution in [0, 0.1) is 0 Å². The van der Waals surface area contributed by atoms with Crippen LogP contribution < -0.4 is 4.74 Å². The summed E-state index contributed by atoms with van der Waals surface area (Å²) in [5, 5.41) is 8.37. The zero-order valence-electron chi connectivity index (χ0n) is 13.4. The van der Waals surface area contributed by atoms with Crippen LogP contribution in [0.3, 0.4) is 0 Å². The van der Waals surface area contributed by atoms with Gasteiger partial charge in [-0.15, -0.1) is 0 Å². The number of carbonyl (C=O) groups excluding carboxylic acids is 1. The van der Waals surface area contributed by atoms with Crippen molar-refractivity contribution in [3.8, 4) is 5.88 Å². The van der Waals surface area contributed by atoms with Crippen LogP contribution in [0.1, 0.15) is 6.92 Å². The van der Waals surface area contributed by atoms with E-state index < -0.39 is 5.97 Å². The number of esters is 1. The number of hydrogen-bond acceptors (Lipinski definition) is 7. The number of oxime groups is 1. The molecule has 0 N–H and O–H groups in total. The number of ether oxygens (including phenoxy) is 2. The third-order valence-electron chi connectivity index (χ3n) is 2.71. The van der Waals surface area contributed by atoms with Crippen molar-refractivity contribution in [1.29, 1.82) is 0 Å².